The number of aliphatic hydroxyl groups excluding tert-OH is 7. The van der Waals surface area contributed by atoms with Crippen LogP contribution in [0, 0.1) is 0 Å². The largest absolute Gasteiger partial charge is 0.477 e. The summed E-state index contributed by atoms with van der Waals surface area (Å²) in [7, 11) is 0. The maximum absolute atomic E-state index is 11.5. The highest BCUT2D eigenvalue weighted by atomic mass is 16.8. The van der Waals surface area contributed by atoms with E-state index in [1.165, 1.54) is 0 Å². The molecule has 0 aromatic rings. The molecule has 0 aromatic heterocycles. The number of hydrogen-bond donors (Lipinski definition) is 8. The van der Waals surface area contributed by atoms with Crippen LogP contribution in [0.15, 0.2) is 0 Å². The van der Waals surface area contributed by atoms with E-state index in [-0.39, 0.29) is 0 Å². The lowest BCUT2D eigenvalue weighted by molar-refractivity contribution is -0.369. The third kappa shape index (κ3) is 3.01. The number of ether oxygens (including phenoxy) is 3. The summed E-state index contributed by atoms with van der Waals surface area (Å²) in [6.45, 7) is -1.61. The van der Waals surface area contributed by atoms with Gasteiger partial charge in [0.2, 0.25) is 0 Å². The molecule has 0 amide bonds. The molecule has 0 bridgehead atoms. The standard InChI is InChI=1S/C12H20O12/c13-1-3-5(15)7(17)8(18)10(22-3)24-12(11(20)21)9(19)6(16)4(2-14)23-12/h3-10,13-19H,1-2H2,(H,20,21). The highest BCUT2D eigenvalue weighted by Crippen LogP contribution is 2.36. The van der Waals surface area contributed by atoms with Gasteiger partial charge in [-0.3, -0.25) is 0 Å². The van der Waals surface area contributed by atoms with Crippen molar-refractivity contribution in [2.75, 3.05) is 13.2 Å². The first-order valence-corrected chi connectivity index (χ1v) is 7.06. The molecule has 12 heteroatoms. The van der Waals surface area contributed by atoms with Gasteiger partial charge in [0.05, 0.1) is 13.2 Å². The number of carboxylic acids is 1. The van der Waals surface area contributed by atoms with Crippen molar-refractivity contribution in [2.45, 2.75) is 54.8 Å². The average molecular weight is 356 g/mol. The second kappa shape index (κ2) is 7.13. The first-order chi connectivity index (χ1) is 11.2. The fourth-order valence-corrected chi connectivity index (χ4v) is 2.60. The van der Waals surface area contributed by atoms with E-state index in [9.17, 15) is 35.4 Å². The Morgan fingerprint density at radius 2 is 1.50 bits per heavy atom. The van der Waals surface area contributed by atoms with Crippen molar-refractivity contribution in [3.63, 3.8) is 0 Å². The highest BCUT2D eigenvalue weighted by molar-refractivity contribution is 5.77. The van der Waals surface area contributed by atoms with Crippen molar-refractivity contribution < 1.29 is 59.9 Å². The average Bonchev–Trinajstić information content (AvgIpc) is 2.81. The zero-order chi connectivity index (χ0) is 18.2. The molecule has 0 saturated carbocycles. The Hall–Kier alpha value is -0.930. The van der Waals surface area contributed by atoms with Gasteiger partial charge in [0.15, 0.2) is 6.29 Å². The molecule has 0 spiro atoms. The minimum atomic E-state index is -2.90. The summed E-state index contributed by atoms with van der Waals surface area (Å²) in [5.41, 5.74) is 0. The van der Waals surface area contributed by atoms with E-state index in [1.54, 1.807) is 0 Å². The second-order valence-electron chi connectivity index (χ2n) is 5.56. The van der Waals surface area contributed by atoms with Gasteiger partial charge < -0.3 is 55.1 Å². The lowest BCUT2D eigenvalue weighted by Crippen LogP contribution is -2.63. The molecule has 2 aliphatic rings. The molecule has 24 heavy (non-hydrogen) atoms. The van der Waals surface area contributed by atoms with E-state index < -0.39 is 74.0 Å². The Balaban J connectivity index is 2.26. The molecule has 8 N–H and O–H groups in total. The van der Waals surface area contributed by atoms with E-state index in [1.807, 2.05) is 0 Å². The molecule has 0 aliphatic carbocycles. The van der Waals surface area contributed by atoms with Crippen molar-refractivity contribution >= 4 is 5.97 Å². The predicted octanol–water partition coefficient (Wildman–Crippen LogP) is -5.30. The monoisotopic (exact) mass is 356 g/mol. The van der Waals surface area contributed by atoms with Crippen LogP contribution >= 0.6 is 0 Å². The molecule has 2 heterocycles. The van der Waals surface area contributed by atoms with Gasteiger partial charge in [-0.15, -0.1) is 0 Å². The SMILES string of the molecule is O=C(O)C1(OC2OC(CO)C(O)C(O)C2O)OC(CO)C(O)C1O. The Kier molecular flexibility index (Phi) is 5.76. The summed E-state index contributed by atoms with van der Waals surface area (Å²) >= 11 is 0. The Bertz CT molecular complexity index is 457. The molecule has 2 rings (SSSR count). The van der Waals surface area contributed by atoms with E-state index >= 15 is 0 Å². The van der Waals surface area contributed by atoms with Crippen LogP contribution in [0.3, 0.4) is 0 Å². The molecule has 2 aliphatic heterocycles. The number of carbonyl (C=O) groups is 1. The predicted molar refractivity (Wildman–Crippen MR) is 69.2 cm³/mol. The first kappa shape index (κ1) is 19.4. The molecule has 0 aromatic carbocycles. The van der Waals surface area contributed by atoms with Crippen LogP contribution in [-0.2, 0) is 19.0 Å². The third-order valence-corrected chi connectivity index (χ3v) is 4.04. The lowest BCUT2D eigenvalue weighted by atomic mass is 9.99. The molecular weight excluding hydrogens is 336 g/mol. The number of hydrogen-bond acceptors (Lipinski definition) is 11. The number of carboxylic acid groups (broad SMARTS) is 1. The number of aliphatic carboxylic acids is 1. The van der Waals surface area contributed by atoms with Gasteiger partial charge in [-0.05, 0) is 0 Å². The molecule has 0 radical (unpaired) electrons. The molecule has 9 unspecified atom stereocenters. The molecule has 12 nitrogen and oxygen atoms in total. The summed E-state index contributed by atoms with van der Waals surface area (Å²) < 4.78 is 14.9. The maximum Gasteiger partial charge on any atom is 0.367 e. The van der Waals surface area contributed by atoms with Gasteiger partial charge in [0.25, 0.3) is 0 Å². The first-order valence-electron chi connectivity index (χ1n) is 7.06. The van der Waals surface area contributed by atoms with Gasteiger partial charge in [-0.2, -0.15) is 0 Å². The van der Waals surface area contributed by atoms with Crippen LogP contribution in [-0.4, -0.2) is 115 Å². The van der Waals surface area contributed by atoms with Crippen molar-refractivity contribution in [1.82, 2.24) is 0 Å². The van der Waals surface area contributed by atoms with Gasteiger partial charge in [0, 0.05) is 0 Å². The van der Waals surface area contributed by atoms with Crippen molar-refractivity contribution in [1.29, 1.82) is 0 Å². The molecule has 2 fully saturated rings. The number of rotatable bonds is 5. The zero-order valence-electron chi connectivity index (χ0n) is 12.2. The summed E-state index contributed by atoms with van der Waals surface area (Å²) in [6.07, 6.45) is -14.2. The van der Waals surface area contributed by atoms with Crippen molar-refractivity contribution in [3.8, 4) is 0 Å². The van der Waals surface area contributed by atoms with Crippen LogP contribution in [0.1, 0.15) is 0 Å². The Labute approximate surface area is 135 Å². The van der Waals surface area contributed by atoms with Gasteiger partial charge in [0.1, 0.15) is 42.7 Å². The van der Waals surface area contributed by atoms with E-state index in [4.69, 9.17) is 24.4 Å². The molecule has 140 valence electrons. The lowest BCUT2D eigenvalue weighted by Gasteiger charge is -2.42. The topological polar surface area (TPSA) is 207 Å². The van der Waals surface area contributed by atoms with Crippen molar-refractivity contribution in [3.05, 3.63) is 0 Å². The van der Waals surface area contributed by atoms with Gasteiger partial charge in [-0.25, -0.2) is 4.79 Å². The fourth-order valence-electron chi connectivity index (χ4n) is 2.60. The summed E-state index contributed by atoms with van der Waals surface area (Å²) in [4.78, 5) is 11.5. The van der Waals surface area contributed by atoms with E-state index in [2.05, 4.69) is 0 Å². The van der Waals surface area contributed by atoms with Crippen LogP contribution in [0.4, 0.5) is 0 Å². The fraction of sp³-hybridized carbons (Fsp3) is 0.917. The van der Waals surface area contributed by atoms with Crippen LogP contribution in [0.25, 0.3) is 0 Å². The van der Waals surface area contributed by atoms with Crippen LogP contribution < -0.4 is 0 Å². The molecule has 2 saturated heterocycles. The highest BCUT2D eigenvalue weighted by Gasteiger charge is 2.63. The smallest absolute Gasteiger partial charge is 0.367 e. The van der Waals surface area contributed by atoms with Crippen LogP contribution in [0.5, 0.6) is 0 Å². The van der Waals surface area contributed by atoms with Crippen LogP contribution in [0.2, 0.25) is 0 Å². The minimum Gasteiger partial charge on any atom is -0.477 e. The van der Waals surface area contributed by atoms with E-state index in [0.717, 1.165) is 0 Å². The Morgan fingerprint density at radius 3 is 1.96 bits per heavy atom. The van der Waals surface area contributed by atoms with Crippen molar-refractivity contribution in [2.24, 2.45) is 0 Å². The Morgan fingerprint density at radius 1 is 0.917 bits per heavy atom. The zero-order valence-corrected chi connectivity index (χ0v) is 12.2. The van der Waals surface area contributed by atoms with E-state index in [0.29, 0.717) is 0 Å². The quantitative estimate of drug-likeness (QED) is 0.232. The summed E-state index contributed by atoms with van der Waals surface area (Å²) in [6, 6.07) is 0. The minimum absolute atomic E-state index is 0.782. The number of aliphatic hydroxyl groups is 7. The van der Waals surface area contributed by atoms with Gasteiger partial charge >= 0.3 is 11.8 Å². The molecule has 9 atom stereocenters. The summed E-state index contributed by atoms with van der Waals surface area (Å²) in [5, 5.41) is 76.3. The third-order valence-electron chi connectivity index (χ3n) is 4.04. The molecular formula is C12H20O12. The van der Waals surface area contributed by atoms with Gasteiger partial charge in [-0.1, -0.05) is 0 Å². The maximum atomic E-state index is 11.5. The normalized spacial score (nSPS) is 49.3. The second-order valence-corrected chi connectivity index (χ2v) is 5.56. The summed E-state index contributed by atoms with van der Waals surface area (Å²) in [5.74, 6) is -4.79.